The van der Waals surface area contributed by atoms with Crippen molar-refractivity contribution in [3.8, 4) is 0 Å². The fourth-order valence-corrected chi connectivity index (χ4v) is 4.02. The summed E-state index contributed by atoms with van der Waals surface area (Å²) in [7, 11) is 0. The lowest BCUT2D eigenvalue weighted by Crippen LogP contribution is -2.42. The Hall–Kier alpha value is -3.45. The Morgan fingerprint density at radius 1 is 1.03 bits per heavy atom. The fraction of sp³-hybridized carbons (Fsp3) is 0.414. The number of carbonyl (C=O) groups is 2. The van der Waals surface area contributed by atoms with Gasteiger partial charge >= 0.3 is 0 Å². The predicted octanol–water partition coefficient (Wildman–Crippen LogP) is 5.47. The molecule has 0 bridgehead atoms. The molecule has 3 aromatic rings. The Morgan fingerprint density at radius 2 is 1.69 bits per heavy atom. The van der Waals surface area contributed by atoms with Gasteiger partial charge in [-0.3, -0.25) is 9.59 Å². The van der Waals surface area contributed by atoms with Crippen molar-refractivity contribution in [3.05, 3.63) is 82.2 Å². The van der Waals surface area contributed by atoms with Gasteiger partial charge < -0.3 is 20.5 Å². The van der Waals surface area contributed by atoms with Crippen molar-refractivity contribution >= 4 is 17.5 Å². The Labute approximate surface area is 214 Å². The lowest BCUT2D eigenvalue weighted by molar-refractivity contribution is 0.0670. The number of hydrogen-bond acceptors (Lipinski definition) is 5. The number of nitrogens with two attached hydrogens (primary N) is 1. The van der Waals surface area contributed by atoms with E-state index in [0.29, 0.717) is 47.9 Å². The Bertz CT molecular complexity index is 1200. The SMILES string of the molecule is Cc1noc(C)c1C(=O)N(Cc1cccc(NC(=O)c2ccc(C(C)(C)C)cc2)c1)CC(C)(C)CN. The Balaban J connectivity index is 1.81. The van der Waals surface area contributed by atoms with Crippen LogP contribution in [0.3, 0.4) is 0 Å². The van der Waals surface area contributed by atoms with Crippen LogP contribution in [0.4, 0.5) is 5.69 Å². The first-order valence-corrected chi connectivity index (χ1v) is 12.2. The fourth-order valence-electron chi connectivity index (χ4n) is 4.02. The second kappa shape index (κ2) is 10.7. The highest BCUT2D eigenvalue weighted by Gasteiger charge is 2.28. The van der Waals surface area contributed by atoms with E-state index >= 15 is 0 Å². The van der Waals surface area contributed by atoms with E-state index in [4.69, 9.17) is 10.3 Å². The van der Waals surface area contributed by atoms with Gasteiger partial charge in [0.15, 0.2) is 0 Å². The number of benzene rings is 2. The maximum atomic E-state index is 13.5. The molecule has 0 radical (unpaired) electrons. The van der Waals surface area contributed by atoms with Gasteiger partial charge in [0.05, 0.1) is 5.69 Å². The number of nitrogens with one attached hydrogen (secondary N) is 1. The number of carbonyl (C=O) groups excluding carboxylic acids is 2. The summed E-state index contributed by atoms with van der Waals surface area (Å²) in [6, 6.07) is 15.2. The van der Waals surface area contributed by atoms with E-state index in [1.54, 1.807) is 18.7 Å². The van der Waals surface area contributed by atoms with Gasteiger partial charge in [-0.15, -0.1) is 0 Å². The molecule has 3 N–H and O–H groups in total. The van der Waals surface area contributed by atoms with Crippen LogP contribution < -0.4 is 11.1 Å². The summed E-state index contributed by atoms with van der Waals surface area (Å²) in [5.74, 6) is 0.160. The second-order valence-electron chi connectivity index (χ2n) is 11.2. The van der Waals surface area contributed by atoms with E-state index in [1.807, 2.05) is 62.4 Å². The molecule has 0 fully saturated rings. The maximum absolute atomic E-state index is 13.5. The van der Waals surface area contributed by atoms with Crippen LogP contribution in [0.1, 0.15) is 77.9 Å². The number of hydrogen-bond donors (Lipinski definition) is 2. The van der Waals surface area contributed by atoms with Crippen molar-refractivity contribution in [1.82, 2.24) is 10.1 Å². The van der Waals surface area contributed by atoms with Gasteiger partial charge in [0.25, 0.3) is 11.8 Å². The van der Waals surface area contributed by atoms with Gasteiger partial charge in [0.1, 0.15) is 11.3 Å². The Kier molecular flexibility index (Phi) is 8.04. The highest BCUT2D eigenvalue weighted by Crippen LogP contribution is 2.24. The van der Waals surface area contributed by atoms with E-state index in [1.165, 1.54) is 5.56 Å². The van der Waals surface area contributed by atoms with Crippen molar-refractivity contribution in [1.29, 1.82) is 0 Å². The minimum Gasteiger partial charge on any atom is -0.361 e. The molecule has 3 rings (SSSR count). The summed E-state index contributed by atoms with van der Waals surface area (Å²) < 4.78 is 5.23. The smallest absolute Gasteiger partial charge is 0.259 e. The molecule has 0 aliphatic heterocycles. The Morgan fingerprint density at radius 3 is 2.25 bits per heavy atom. The number of rotatable bonds is 8. The van der Waals surface area contributed by atoms with Gasteiger partial charge in [0, 0.05) is 24.3 Å². The van der Waals surface area contributed by atoms with E-state index in [0.717, 1.165) is 5.56 Å². The normalized spacial score (nSPS) is 11.9. The minimum atomic E-state index is -0.278. The molecule has 7 heteroatoms. The quantitative estimate of drug-likeness (QED) is 0.436. The first-order chi connectivity index (χ1) is 16.8. The zero-order valence-electron chi connectivity index (χ0n) is 22.4. The molecule has 2 amide bonds. The number of amides is 2. The van der Waals surface area contributed by atoms with Gasteiger partial charge in [-0.1, -0.05) is 64.0 Å². The minimum absolute atomic E-state index is 0.0225. The zero-order valence-corrected chi connectivity index (χ0v) is 22.4. The molecule has 0 saturated heterocycles. The van der Waals surface area contributed by atoms with Gasteiger partial charge in [-0.2, -0.15) is 0 Å². The molecule has 0 saturated carbocycles. The highest BCUT2D eigenvalue weighted by molar-refractivity contribution is 6.04. The van der Waals surface area contributed by atoms with E-state index < -0.39 is 0 Å². The van der Waals surface area contributed by atoms with E-state index in [2.05, 4.69) is 31.2 Å². The van der Waals surface area contributed by atoms with Crippen LogP contribution in [-0.4, -0.2) is 35.0 Å². The predicted molar refractivity (Wildman–Crippen MR) is 143 cm³/mol. The number of anilines is 1. The number of aromatic nitrogens is 1. The molecule has 0 aliphatic rings. The molecule has 1 heterocycles. The lowest BCUT2D eigenvalue weighted by Gasteiger charge is -2.32. The average molecular weight is 491 g/mol. The molecule has 192 valence electrons. The standard InChI is InChI=1S/C29H38N4O3/c1-19-25(20(2)36-32-19)27(35)33(18-29(6,7)17-30)16-21-9-8-10-24(15-21)31-26(34)22-11-13-23(14-12-22)28(3,4)5/h8-15H,16-18,30H2,1-7H3,(H,31,34). The summed E-state index contributed by atoms with van der Waals surface area (Å²) in [6.07, 6.45) is 0. The van der Waals surface area contributed by atoms with Crippen molar-refractivity contribution in [2.24, 2.45) is 11.1 Å². The van der Waals surface area contributed by atoms with Crippen LogP contribution in [0.25, 0.3) is 0 Å². The molecule has 7 nitrogen and oxygen atoms in total. The first-order valence-electron chi connectivity index (χ1n) is 12.2. The number of nitrogens with zero attached hydrogens (tertiary/aromatic N) is 2. The van der Waals surface area contributed by atoms with Crippen LogP contribution in [0.5, 0.6) is 0 Å². The third-order valence-corrected chi connectivity index (χ3v) is 6.28. The van der Waals surface area contributed by atoms with Gasteiger partial charge in [-0.25, -0.2) is 0 Å². The van der Waals surface area contributed by atoms with Crippen molar-refractivity contribution < 1.29 is 14.1 Å². The molecular formula is C29H38N4O3. The van der Waals surface area contributed by atoms with Crippen LogP contribution in [0.2, 0.25) is 0 Å². The lowest BCUT2D eigenvalue weighted by atomic mass is 9.87. The molecule has 1 aromatic heterocycles. The summed E-state index contributed by atoms with van der Waals surface area (Å²) in [5.41, 5.74) is 10.1. The van der Waals surface area contributed by atoms with Crippen LogP contribution in [0.15, 0.2) is 53.1 Å². The molecule has 0 atom stereocenters. The topological polar surface area (TPSA) is 101 Å². The summed E-state index contributed by atoms with van der Waals surface area (Å²) in [4.78, 5) is 28.1. The molecule has 0 aliphatic carbocycles. The van der Waals surface area contributed by atoms with Crippen molar-refractivity contribution in [3.63, 3.8) is 0 Å². The molecule has 0 spiro atoms. The molecular weight excluding hydrogens is 452 g/mol. The zero-order chi connectivity index (χ0) is 26.7. The second-order valence-corrected chi connectivity index (χ2v) is 11.2. The molecule has 36 heavy (non-hydrogen) atoms. The van der Waals surface area contributed by atoms with Crippen molar-refractivity contribution in [2.75, 3.05) is 18.4 Å². The monoisotopic (exact) mass is 490 g/mol. The van der Waals surface area contributed by atoms with Crippen LogP contribution in [0, 0.1) is 19.3 Å². The average Bonchev–Trinajstić information content (AvgIpc) is 3.15. The van der Waals surface area contributed by atoms with Gasteiger partial charge in [0.2, 0.25) is 0 Å². The maximum Gasteiger partial charge on any atom is 0.259 e. The molecule has 2 aromatic carbocycles. The van der Waals surface area contributed by atoms with Crippen molar-refractivity contribution in [2.45, 2.75) is 60.4 Å². The summed E-state index contributed by atoms with van der Waals surface area (Å²) >= 11 is 0. The number of aryl methyl sites for hydroxylation is 2. The molecule has 0 unspecified atom stereocenters. The summed E-state index contributed by atoms with van der Waals surface area (Å²) in [5, 5.41) is 6.92. The van der Waals surface area contributed by atoms with E-state index in [9.17, 15) is 9.59 Å². The summed E-state index contributed by atoms with van der Waals surface area (Å²) in [6.45, 7) is 15.2. The highest BCUT2D eigenvalue weighted by atomic mass is 16.5. The largest absolute Gasteiger partial charge is 0.361 e. The van der Waals surface area contributed by atoms with Crippen LogP contribution in [-0.2, 0) is 12.0 Å². The third-order valence-electron chi connectivity index (χ3n) is 6.28. The first kappa shape index (κ1) is 27.1. The van der Waals surface area contributed by atoms with Gasteiger partial charge in [-0.05, 0) is 66.6 Å². The third kappa shape index (κ3) is 6.61. The van der Waals surface area contributed by atoms with Crippen LogP contribution >= 0.6 is 0 Å². The van der Waals surface area contributed by atoms with E-state index in [-0.39, 0.29) is 22.6 Å².